The van der Waals surface area contributed by atoms with E-state index < -0.39 is 11.9 Å². The fourth-order valence-electron chi connectivity index (χ4n) is 2.24. The zero-order valence-electron chi connectivity index (χ0n) is 14.5. The average Bonchev–Trinajstić information content (AvgIpc) is 2.66. The van der Waals surface area contributed by atoms with Gasteiger partial charge in [0.2, 0.25) is 0 Å². The third-order valence-electron chi connectivity index (χ3n) is 3.46. The van der Waals surface area contributed by atoms with Crippen molar-refractivity contribution in [1.82, 2.24) is 5.32 Å². The van der Waals surface area contributed by atoms with E-state index in [9.17, 15) is 14.4 Å². The van der Waals surface area contributed by atoms with E-state index in [-0.39, 0.29) is 18.1 Å². The summed E-state index contributed by atoms with van der Waals surface area (Å²) < 4.78 is 4.99. The van der Waals surface area contributed by atoms with Gasteiger partial charge in [0.15, 0.2) is 0 Å². The minimum absolute atomic E-state index is 0.239. The lowest BCUT2D eigenvalue weighted by Gasteiger charge is -2.11. The monoisotopic (exact) mass is 352 g/mol. The zero-order valence-corrected chi connectivity index (χ0v) is 14.5. The number of benzene rings is 2. The molecule has 0 saturated heterocycles. The molecule has 134 valence electrons. The van der Waals surface area contributed by atoms with Crippen LogP contribution < -0.4 is 10.6 Å². The smallest absolute Gasteiger partial charge is 0.340 e. The molecule has 0 spiro atoms. The molecule has 0 unspecified atom stereocenters. The first-order valence-electron chi connectivity index (χ1n) is 8.13. The van der Waals surface area contributed by atoms with Gasteiger partial charge in [-0.25, -0.2) is 4.79 Å². The van der Waals surface area contributed by atoms with Gasteiger partial charge < -0.3 is 15.4 Å². The number of ether oxygens (including phenoxy) is 1. The normalized spacial score (nSPS) is 9.88. The van der Waals surface area contributed by atoms with Gasteiger partial charge in [-0.15, -0.1) is 6.58 Å². The third kappa shape index (κ3) is 4.80. The highest BCUT2D eigenvalue weighted by molar-refractivity contribution is 6.09. The van der Waals surface area contributed by atoms with Crippen LogP contribution in [0.4, 0.5) is 5.69 Å². The molecule has 0 radical (unpaired) electrons. The Balaban J connectivity index is 2.20. The molecule has 6 nitrogen and oxygen atoms in total. The van der Waals surface area contributed by atoms with E-state index in [0.29, 0.717) is 23.4 Å². The van der Waals surface area contributed by atoms with E-state index in [1.807, 2.05) is 0 Å². The van der Waals surface area contributed by atoms with Crippen LogP contribution >= 0.6 is 0 Å². The van der Waals surface area contributed by atoms with Crippen LogP contribution in [-0.4, -0.2) is 30.9 Å². The number of rotatable bonds is 7. The Morgan fingerprint density at radius 3 is 2.42 bits per heavy atom. The molecule has 2 amide bonds. The lowest BCUT2D eigenvalue weighted by atomic mass is 10.1. The van der Waals surface area contributed by atoms with Crippen LogP contribution in [-0.2, 0) is 4.74 Å². The molecule has 2 N–H and O–H groups in total. The minimum Gasteiger partial charge on any atom is -0.462 e. The van der Waals surface area contributed by atoms with Crippen molar-refractivity contribution in [3.05, 3.63) is 77.9 Å². The number of anilines is 1. The molecule has 2 aromatic rings. The second kappa shape index (κ2) is 9.17. The molecular weight excluding hydrogens is 332 g/mol. The van der Waals surface area contributed by atoms with Crippen molar-refractivity contribution in [1.29, 1.82) is 0 Å². The molecule has 0 aliphatic heterocycles. The second-order valence-corrected chi connectivity index (χ2v) is 5.30. The van der Waals surface area contributed by atoms with Crippen LogP contribution in [0.3, 0.4) is 0 Å². The topological polar surface area (TPSA) is 84.5 Å². The maximum Gasteiger partial charge on any atom is 0.340 e. The molecule has 0 fully saturated rings. The van der Waals surface area contributed by atoms with Crippen LogP contribution in [0.25, 0.3) is 0 Å². The van der Waals surface area contributed by atoms with Gasteiger partial charge in [0.25, 0.3) is 11.8 Å². The molecule has 26 heavy (non-hydrogen) atoms. The molecule has 0 heterocycles. The fraction of sp³-hybridized carbons (Fsp3) is 0.150. The first kappa shape index (κ1) is 18.9. The number of para-hydroxylation sites is 1. The van der Waals surface area contributed by atoms with Gasteiger partial charge in [0, 0.05) is 17.7 Å². The van der Waals surface area contributed by atoms with Crippen LogP contribution in [0.5, 0.6) is 0 Å². The first-order valence-corrected chi connectivity index (χ1v) is 8.13. The van der Waals surface area contributed by atoms with E-state index in [0.717, 1.165) is 0 Å². The Kier molecular flexibility index (Phi) is 6.68. The Morgan fingerprint density at radius 2 is 1.73 bits per heavy atom. The number of hydrogen-bond acceptors (Lipinski definition) is 4. The Labute approximate surface area is 151 Å². The highest BCUT2D eigenvalue weighted by Crippen LogP contribution is 2.18. The first-order chi connectivity index (χ1) is 12.6. The summed E-state index contributed by atoms with van der Waals surface area (Å²) in [6, 6.07) is 12.9. The van der Waals surface area contributed by atoms with Crippen LogP contribution in [0, 0.1) is 0 Å². The molecule has 2 aromatic carbocycles. The number of esters is 1. The summed E-state index contributed by atoms with van der Waals surface area (Å²) >= 11 is 0. The Morgan fingerprint density at radius 1 is 1.04 bits per heavy atom. The van der Waals surface area contributed by atoms with Crippen LogP contribution in [0.15, 0.2) is 61.2 Å². The van der Waals surface area contributed by atoms with Gasteiger partial charge in [-0.05, 0) is 37.3 Å². The van der Waals surface area contributed by atoms with Crippen molar-refractivity contribution < 1.29 is 19.1 Å². The summed E-state index contributed by atoms with van der Waals surface area (Å²) in [7, 11) is 0. The van der Waals surface area contributed by atoms with E-state index in [4.69, 9.17) is 4.74 Å². The molecule has 0 aliphatic rings. The van der Waals surface area contributed by atoms with Crippen molar-refractivity contribution in [3.63, 3.8) is 0 Å². The second-order valence-electron chi connectivity index (χ2n) is 5.30. The summed E-state index contributed by atoms with van der Waals surface area (Å²) in [5, 5.41) is 5.34. The van der Waals surface area contributed by atoms with Crippen LogP contribution in [0.1, 0.15) is 38.0 Å². The lowest BCUT2D eigenvalue weighted by Crippen LogP contribution is -2.23. The molecule has 0 bridgehead atoms. The van der Waals surface area contributed by atoms with Crippen molar-refractivity contribution in [2.24, 2.45) is 0 Å². The largest absolute Gasteiger partial charge is 0.462 e. The SMILES string of the molecule is C=CCNC(=O)c1cccc(C(=O)Nc2ccccc2C(=O)OCC)c1. The van der Waals surface area contributed by atoms with Gasteiger partial charge >= 0.3 is 5.97 Å². The number of hydrogen-bond donors (Lipinski definition) is 2. The standard InChI is InChI=1S/C20H20N2O4/c1-3-12-21-18(23)14-8-7-9-15(13-14)19(24)22-17-11-6-5-10-16(17)20(25)26-4-2/h3,5-11,13H,1,4,12H2,2H3,(H,21,23)(H,22,24). The Bertz CT molecular complexity index is 830. The van der Waals surface area contributed by atoms with E-state index in [2.05, 4.69) is 17.2 Å². The summed E-state index contributed by atoms with van der Waals surface area (Å²) in [5.41, 5.74) is 1.27. The minimum atomic E-state index is -0.513. The molecule has 0 atom stereocenters. The number of nitrogens with one attached hydrogen (secondary N) is 2. The fourth-order valence-corrected chi connectivity index (χ4v) is 2.24. The van der Waals surface area contributed by atoms with Gasteiger partial charge in [-0.2, -0.15) is 0 Å². The number of amides is 2. The molecule has 0 saturated carbocycles. The lowest BCUT2D eigenvalue weighted by molar-refractivity contribution is 0.0527. The highest BCUT2D eigenvalue weighted by atomic mass is 16.5. The average molecular weight is 352 g/mol. The maximum absolute atomic E-state index is 12.5. The molecule has 0 aromatic heterocycles. The van der Waals surface area contributed by atoms with Gasteiger partial charge in [0.1, 0.15) is 0 Å². The van der Waals surface area contributed by atoms with Crippen molar-refractivity contribution >= 4 is 23.5 Å². The van der Waals surface area contributed by atoms with Gasteiger partial charge in [-0.3, -0.25) is 9.59 Å². The third-order valence-corrected chi connectivity index (χ3v) is 3.46. The number of carbonyl (C=O) groups is 3. The van der Waals surface area contributed by atoms with Crippen molar-refractivity contribution in [2.75, 3.05) is 18.5 Å². The van der Waals surface area contributed by atoms with Gasteiger partial charge in [0.05, 0.1) is 17.9 Å². The highest BCUT2D eigenvalue weighted by Gasteiger charge is 2.15. The van der Waals surface area contributed by atoms with E-state index in [1.165, 1.54) is 6.07 Å². The summed E-state index contributed by atoms with van der Waals surface area (Å²) in [6.07, 6.45) is 1.57. The van der Waals surface area contributed by atoms with Gasteiger partial charge in [-0.1, -0.05) is 24.3 Å². The molecule has 0 aliphatic carbocycles. The predicted molar refractivity (Wildman–Crippen MR) is 99.3 cm³/mol. The summed E-state index contributed by atoms with van der Waals surface area (Å²) in [6.45, 7) is 5.82. The van der Waals surface area contributed by atoms with Crippen molar-refractivity contribution in [3.8, 4) is 0 Å². The molecule has 6 heteroatoms. The van der Waals surface area contributed by atoms with Crippen LogP contribution in [0.2, 0.25) is 0 Å². The van der Waals surface area contributed by atoms with Crippen molar-refractivity contribution in [2.45, 2.75) is 6.92 Å². The number of carbonyl (C=O) groups excluding carboxylic acids is 3. The summed E-state index contributed by atoms with van der Waals surface area (Å²) in [4.78, 5) is 36.5. The molecular formula is C20H20N2O4. The molecule has 2 rings (SSSR count). The Hall–Kier alpha value is -3.41. The summed E-state index contributed by atoms with van der Waals surface area (Å²) in [5.74, 6) is -1.24. The van der Waals surface area contributed by atoms with E-state index >= 15 is 0 Å². The quantitative estimate of drug-likeness (QED) is 0.592. The predicted octanol–water partition coefficient (Wildman–Crippen LogP) is 3.03. The van der Waals surface area contributed by atoms with E-state index in [1.54, 1.807) is 55.5 Å². The zero-order chi connectivity index (χ0) is 18.9. The maximum atomic E-state index is 12.5.